The molecular formula is C24H24N2O2S. The van der Waals surface area contributed by atoms with E-state index in [-0.39, 0.29) is 11.8 Å². The Balaban J connectivity index is 1.36. The summed E-state index contributed by atoms with van der Waals surface area (Å²) in [4.78, 5) is 24.2. The molecule has 29 heavy (non-hydrogen) atoms. The number of carbonyl (C=O) groups excluding carboxylic acids is 2. The lowest BCUT2D eigenvalue weighted by Gasteiger charge is -2.07. The molecule has 0 unspecified atom stereocenters. The Kier molecular flexibility index (Phi) is 7.90. The van der Waals surface area contributed by atoms with Gasteiger partial charge in [0.15, 0.2) is 0 Å². The van der Waals surface area contributed by atoms with Gasteiger partial charge in [-0.1, -0.05) is 60.7 Å². The number of hydrogen-bond donors (Lipinski definition) is 2. The zero-order valence-electron chi connectivity index (χ0n) is 16.1. The van der Waals surface area contributed by atoms with E-state index in [0.29, 0.717) is 17.9 Å². The lowest BCUT2D eigenvalue weighted by atomic mass is 10.1. The summed E-state index contributed by atoms with van der Waals surface area (Å²) in [6.07, 6.45) is 0.837. The van der Waals surface area contributed by atoms with Crippen LogP contribution in [0.4, 0.5) is 5.69 Å². The molecule has 0 aliphatic rings. The third-order valence-electron chi connectivity index (χ3n) is 4.33. The molecule has 0 bridgehead atoms. The van der Waals surface area contributed by atoms with E-state index in [4.69, 9.17) is 0 Å². The Bertz CT molecular complexity index is 913. The fraction of sp³-hybridized carbons (Fsp3) is 0.167. The zero-order valence-corrected chi connectivity index (χ0v) is 17.0. The fourth-order valence-electron chi connectivity index (χ4n) is 2.78. The van der Waals surface area contributed by atoms with Crippen molar-refractivity contribution in [2.45, 2.75) is 12.2 Å². The Morgan fingerprint density at radius 1 is 0.759 bits per heavy atom. The normalized spacial score (nSPS) is 10.3. The van der Waals surface area contributed by atoms with Gasteiger partial charge >= 0.3 is 0 Å². The number of hydrogen-bond acceptors (Lipinski definition) is 3. The molecule has 0 aromatic heterocycles. The van der Waals surface area contributed by atoms with Crippen LogP contribution in [0.25, 0.3) is 0 Å². The molecule has 0 spiro atoms. The second-order valence-electron chi connectivity index (χ2n) is 6.60. The summed E-state index contributed by atoms with van der Waals surface area (Å²) < 4.78 is 0. The third kappa shape index (κ3) is 7.12. The van der Waals surface area contributed by atoms with Gasteiger partial charge < -0.3 is 10.6 Å². The number of amides is 2. The van der Waals surface area contributed by atoms with Gasteiger partial charge in [-0.25, -0.2) is 0 Å². The van der Waals surface area contributed by atoms with E-state index >= 15 is 0 Å². The summed E-state index contributed by atoms with van der Waals surface area (Å²) in [6.45, 7) is 0.647. The molecule has 0 fully saturated rings. The molecule has 2 amide bonds. The molecule has 4 nitrogen and oxygen atoms in total. The first-order valence-corrected chi connectivity index (χ1v) is 10.7. The summed E-state index contributed by atoms with van der Waals surface area (Å²) in [7, 11) is 0. The van der Waals surface area contributed by atoms with Gasteiger partial charge in [0, 0.05) is 23.5 Å². The van der Waals surface area contributed by atoms with E-state index in [1.165, 1.54) is 5.56 Å². The summed E-state index contributed by atoms with van der Waals surface area (Å²) in [5.74, 6) is 1.07. The molecule has 0 atom stereocenters. The number of benzene rings is 3. The molecule has 2 N–H and O–H groups in total. The molecule has 0 radical (unpaired) electrons. The SMILES string of the molecule is O=C(CSCc1ccc(C(=O)Nc2ccccc2)cc1)NCCc1ccccc1. The van der Waals surface area contributed by atoms with Crippen molar-refractivity contribution in [2.24, 2.45) is 0 Å². The van der Waals surface area contributed by atoms with Gasteiger partial charge in [0.25, 0.3) is 5.91 Å². The topological polar surface area (TPSA) is 58.2 Å². The molecule has 148 valence electrons. The van der Waals surface area contributed by atoms with Gasteiger partial charge in [0.2, 0.25) is 5.91 Å². The second kappa shape index (κ2) is 11.1. The van der Waals surface area contributed by atoms with Crippen molar-refractivity contribution in [3.8, 4) is 0 Å². The summed E-state index contributed by atoms with van der Waals surface area (Å²) in [5, 5.41) is 5.82. The van der Waals surface area contributed by atoms with Crippen LogP contribution in [0.15, 0.2) is 84.9 Å². The van der Waals surface area contributed by atoms with Crippen LogP contribution in [0, 0.1) is 0 Å². The van der Waals surface area contributed by atoms with Crippen molar-refractivity contribution >= 4 is 29.3 Å². The van der Waals surface area contributed by atoms with E-state index in [2.05, 4.69) is 22.8 Å². The van der Waals surface area contributed by atoms with Crippen LogP contribution < -0.4 is 10.6 Å². The molecule has 3 rings (SSSR count). The number of rotatable bonds is 9. The number of anilines is 1. The van der Waals surface area contributed by atoms with Crippen LogP contribution in [0.2, 0.25) is 0 Å². The van der Waals surface area contributed by atoms with E-state index in [9.17, 15) is 9.59 Å². The van der Waals surface area contributed by atoms with Gasteiger partial charge in [-0.15, -0.1) is 11.8 Å². The van der Waals surface area contributed by atoms with Gasteiger partial charge in [0.1, 0.15) is 0 Å². The Morgan fingerprint density at radius 2 is 1.41 bits per heavy atom. The second-order valence-corrected chi connectivity index (χ2v) is 7.58. The first-order valence-electron chi connectivity index (χ1n) is 9.54. The minimum atomic E-state index is -0.131. The Morgan fingerprint density at radius 3 is 2.10 bits per heavy atom. The van der Waals surface area contributed by atoms with Crippen LogP contribution in [0.1, 0.15) is 21.5 Å². The predicted octanol–water partition coefficient (Wildman–Crippen LogP) is 4.53. The van der Waals surface area contributed by atoms with E-state index in [1.54, 1.807) is 11.8 Å². The first-order chi connectivity index (χ1) is 14.2. The molecule has 3 aromatic carbocycles. The van der Waals surface area contributed by atoms with Crippen LogP contribution in [0.5, 0.6) is 0 Å². The molecule has 0 heterocycles. The Labute approximate surface area is 175 Å². The largest absolute Gasteiger partial charge is 0.355 e. The van der Waals surface area contributed by atoms with Crippen molar-refractivity contribution in [1.82, 2.24) is 5.32 Å². The smallest absolute Gasteiger partial charge is 0.255 e. The third-order valence-corrected chi connectivity index (χ3v) is 5.33. The highest BCUT2D eigenvalue weighted by Crippen LogP contribution is 2.14. The molecule has 3 aromatic rings. The van der Waals surface area contributed by atoms with Crippen LogP contribution in [-0.4, -0.2) is 24.1 Å². The molecule has 0 aliphatic heterocycles. The van der Waals surface area contributed by atoms with Gasteiger partial charge in [0.05, 0.1) is 5.75 Å². The number of nitrogens with one attached hydrogen (secondary N) is 2. The van der Waals surface area contributed by atoms with Crippen molar-refractivity contribution in [3.63, 3.8) is 0 Å². The molecule has 0 saturated carbocycles. The highest BCUT2D eigenvalue weighted by molar-refractivity contribution is 7.99. The van der Waals surface area contributed by atoms with Crippen molar-refractivity contribution in [1.29, 1.82) is 0 Å². The van der Waals surface area contributed by atoms with Crippen molar-refractivity contribution in [2.75, 3.05) is 17.6 Å². The van der Waals surface area contributed by atoms with Crippen LogP contribution >= 0.6 is 11.8 Å². The lowest BCUT2D eigenvalue weighted by Crippen LogP contribution is -2.27. The number of carbonyl (C=O) groups is 2. The quantitative estimate of drug-likeness (QED) is 0.551. The average Bonchev–Trinajstić information content (AvgIpc) is 2.76. The number of para-hydroxylation sites is 1. The minimum Gasteiger partial charge on any atom is -0.355 e. The maximum absolute atomic E-state index is 12.3. The molecule has 0 aliphatic carbocycles. The minimum absolute atomic E-state index is 0.0461. The van der Waals surface area contributed by atoms with Crippen LogP contribution in [0.3, 0.4) is 0 Å². The lowest BCUT2D eigenvalue weighted by molar-refractivity contribution is -0.118. The summed E-state index contributed by atoms with van der Waals surface area (Å²) >= 11 is 1.56. The van der Waals surface area contributed by atoms with Crippen LogP contribution in [-0.2, 0) is 17.0 Å². The van der Waals surface area contributed by atoms with E-state index in [0.717, 1.165) is 23.4 Å². The maximum Gasteiger partial charge on any atom is 0.255 e. The average molecular weight is 405 g/mol. The molecule has 5 heteroatoms. The zero-order chi connectivity index (χ0) is 20.3. The molecular weight excluding hydrogens is 380 g/mol. The van der Waals surface area contributed by atoms with Gasteiger partial charge in [-0.2, -0.15) is 0 Å². The first kappa shape index (κ1) is 20.7. The van der Waals surface area contributed by atoms with Crippen molar-refractivity contribution < 1.29 is 9.59 Å². The summed E-state index contributed by atoms with van der Waals surface area (Å²) in [5.41, 5.74) is 3.69. The van der Waals surface area contributed by atoms with E-state index < -0.39 is 0 Å². The Hall–Kier alpha value is -3.05. The van der Waals surface area contributed by atoms with Gasteiger partial charge in [-0.3, -0.25) is 9.59 Å². The summed E-state index contributed by atoms with van der Waals surface area (Å²) in [6, 6.07) is 27.0. The van der Waals surface area contributed by atoms with Crippen molar-refractivity contribution in [3.05, 3.63) is 102 Å². The standard InChI is InChI=1S/C24H24N2O2S/c27-23(25-16-15-19-7-3-1-4-8-19)18-29-17-20-11-13-21(14-12-20)24(28)26-22-9-5-2-6-10-22/h1-14H,15-18H2,(H,25,27)(H,26,28). The monoisotopic (exact) mass is 404 g/mol. The van der Waals surface area contributed by atoms with Gasteiger partial charge in [-0.05, 0) is 41.8 Å². The fourth-order valence-corrected chi connectivity index (χ4v) is 3.60. The maximum atomic E-state index is 12.3. The van der Waals surface area contributed by atoms with E-state index in [1.807, 2.05) is 72.8 Å². The highest BCUT2D eigenvalue weighted by atomic mass is 32.2. The molecule has 0 saturated heterocycles. The highest BCUT2D eigenvalue weighted by Gasteiger charge is 2.06. The number of thioether (sulfide) groups is 1. The predicted molar refractivity (Wildman–Crippen MR) is 120 cm³/mol.